The third-order valence-electron chi connectivity index (χ3n) is 13.4. The van der Waals surface area contributed by atoms with Gasteiger partial charge in [0.25, 0.3) is 0 Å². The summed E-state index contributed by atoms with van der Waals surface area (Å²) in [5.41, 5.74) is 1.59. The molecule has 5 saturated carbocycles. The Hall–Kier alpha value is -0.870. The molecule has 11 atom stereocenters. The van der Waals surface area contributed by atoms with Gasteiger partial charge in [-0.05, 0) is 117 Å². The Kier molecular flexibility index (Phi) is 6.17. The first-order valence-corrected chi connectivity index (χ1v) is 14.9. The zero-order valence-electron chi connectivity index (χ0n) is 24.2. The van der Waals surface area contributed by atoms with E-state index in [9.17, 15) is 15.0 Å². The van der Waals surface area contributed by atoms with Crippen molar-refractivity contribution >= 4 is 5.97 Å². The molecule has 2 N–H and O–H groups in total. The lowest BCUT2D eigenvalue weighted by Crippen LogP contribution is -2.66. The lowest BCUT2D eigenvalue weighted by atomic mass is 9.41. The Bertz CT molecular complexity index is 934. The summed E-state index contributed by atoms with van der Waals surface area (Å²) in [7, 11) is 0. The fourth-order valence-electron chi connectivity index (χ4n) is 11.5. The van der Waals surface area contributed by atoms with E-state index in [-0.39, 0.29) is 33.5 Å². The van der Waals surface area contributed by atoms with Crippen molar-refractivity contribution in [1.82, 2.24) is 0 Å². The molecule has 5 fully saturated rings. The van der Waals surface area contributed by atoms with E-state index in [4.69, 9.17) is 4.74 Å². The van der Waals surface area contributed by atoms with Gasteiger partial charge in [-0.3, -0.25) is 4.79 Å². The summed E-state index contributed by atoms with van der Waals surface area (Å²) in [6, 6.07) is 0. The third kappa shape index (κ3) is 3.22. The lowest BCUT2D eigenvalue weighted by molar-refractivity contribution is -0.244. The normalized spacial score (nSPS) is 51.2. The molecule has 0 saturated heterocycles. The predicted molar refractivity (Wildman–Crippen MR) is 143 cm³/mol. The van der Waals surface area contributed by atoms with Gasteiger partial charge in [0.15, 0.2) is 0 Å². The number of hydrogen-bond donors (Lipinski definition) is 2. The molecule has 0 aliphatic heterocycles. The van der Waals surface area contributed by atoms with Crippen molar-refractivity contribution in [3.63, 3.8) is 0 Å². The molecular weight excluding hydrogens is 448 g/mol. The largest absolute Gasteiger partial charge is 0.459 e. The van der Waals surface area contributed by atoms with Crippen LogP contribution in [0.15, 0.2) is 11.6 Å². The van der Waals surface area contributed by atoms with Crippen molar-refractivity contribution in [1.29, 1.82) is 0 Å². The van der Waals surface area contributed by atoms with Crippen molar-refractivity contribution in [3.8, 4) is 0 Å². The number of ether oxygens (including phenoxy) is 1. The van der Waals surface area contributed by atoms with E-state index < -0.39 is 18.3 Å². The Morgan fingerprint density at radius 1 is 0.972 bits per heavy atom. The molecule has 5 rings (SSSR count). The van der Waals surface area contributed by atoms with Gasteiger partial charge in [-0.1, -0.05) is 46.3 Å². The van der Waals surface area contributed by atoms with Crippen LogP contribution in [-0.2, 0) is 9.53 Å². The highest BCUT2D eigenvalue weighted by Crippen LogP contribution is 2.89. The van der Waals surface area contributed by atoms with Crippen LogP contribution >= 0.6 is 0 Å². The summed E-state index contributed by atoms with van der Waals surface area (Å²) in [5.74, 6) is 2.03. The molecule has 5 aliphatic rings. The molecule has 4 nitrogen and oxygen atoms in total. The van der Waals surface area contributed by atoms with Crippen LogP contribution in [0, 0.1) is 50.7 Å². The summed E-state index contributed by atoms with van der Waals surface area (Å²) < 4.78 is 5.96. The second kappa shape index (κ2) is 8.31. The predicted octanol–water partition coefficient (Wildman–Crippen LogP) is 6.68. The van der Waals surface area contributed by atoms with E-state index in [0.717, 1.165) is 24.7 Å². The number of esters is 1. The molecule has 0 aromatic carbocycles. The minimum absolute atomic E-state index is 0.128. The molecule has 0 aromatic rings. The Morgan fingerprint density at radius 2 is 1.64 bits per heavy atom. The number of aliphatic hydroxyl groups excluding tert-OH is 2. The second-order valence-corrected chi connectivity index (χ2v) is 15.2. The highest BCUT2D eigenvalue weighted by Gasteiger charge is 2.86. The van der Waals surface area contributed by atoms with Crippen molar-refractivity contribution in [2.45, 2.75) is 131 Å². The van der Waals surface area contributed by atoms with Crippen LogP contribution in [0.2, 0.25) is 0 Å². The van der Waals surface area contributed by atoms with E-state index in [1.807, 2.05) is 0 Å². The van der Waals surface area contributed by atoms with E-state index in [2.05, 4.69) is 54.5 Å². The van der Waals surface area contributed by atoms with Gasteiger partial charge in [0, 0.05) is 12.3 Å². The molecule has 0 heterocycles. The van der Waals surface area contributed by atoms with Crippen LogP contribution in [0.25, 0.3) is 0 Å². The highest BCUT2D eigenvalue weighted by molar-refractivity contribution is 5.66. The fourth-order valence-corrected chi connectivity index (χ4v) is 11.5. The van der Waals surface area contributed by atoms with Gasteiger partial charge < -0.3 is 14.9 Å². The average Bonchev–Trinajstić information content (AvgIpc) is 3.39. The fraction of sp³-hybridized carbons (Fsp3) is 0.906. The molecule has 36 heavy (non-hydrogen) atoms. The van der Waals surface area contributed by atoms with Gasteiger partial charge in [0.1, 0.15) is 12.2 Å². The molecule has 2 spiro atoms. The molecule has 204 valence electrons. The number of rotatable bonds is 5. The number of fused-ring (bicyclic) bond motifs is 2. The summed E-state index contributed by atoms with van der Waals surface area (Å²) in [4.78, 5) is 12.2. The Balaban J connectivity index is 1.48. The average molecular weight is 501 g/mol. The van der Waals surface area contributed by atoms with E-state index >= 15 is 0 Å². The van der Waals surface area contributed by atoms with E-state index in [1.165, 1.54) is 57.4 Å². The summed E-state index contributed by atoms with van der Waals surface area (Å²) in [6.07, 6.45) is 10.7. The van der Waals surface area contributed by atoms with Gasteiger partial charge in [0.05, 0.1) is 6.10 Å². The highest BCUT2D eigenvalue weighted by atomic mass is 16.6. The molecule has 5 aliphatic carbocycles. The number of carbonyl (C=O) groups excluding carboxylic acids is 1. The number of carbonyl (C=O) groups is 1. The van der Waals surface area contributed by atoms with E-state index in [0.29, 0.717) is 11.3 Å². The Morgan fingerprint density at radius 3 is 2.28 bits per heavy atom. The number of aliphatic hydroxyl groups is 2. The molecule has 0 amide bonds. The topological polar surface area (TPSA) is 66.8 Å². The maximum absolute atomic E-state index is 12.2. The van der Waals surface area contributed by atoms with Crippen molar-refractivity contribution < 1.29 is 19.7 Å². The van der Waals surface area contributed by atoms with Crippen molar-refractivity contribution in [2.24, 2.45) is 50.7 Å². The van der Waals surface area contributed by atoms with Gasteiger partial charge >= 0.3 is 5.97 Å². The monoisotopic (exact) mass is 500 g/mol. The second-order valence-electron chi connectivity index (χ2n) is 15.2. The van der Waals surface area contributed by atoms with Gasteiger partial charge in [-0.25, -0.2) is 0 Å². The lowest BCUT2D eigenvalue weighted by Gasteiger charge is -2.64. The number of hydrogen-bond acceptors (Lipinski definition) is 4. The minimum Gasteiger partial charge on any atom is -0.459 e. The van der Waals surface area contributed by atoms with Crippen molar-refractivity contribution in [2.75, 3.05) is 0 Å². The zero-order chi connectivity index (χ0) is 26.5. The van der Waals surface area contributed by atoms with Crippen molar-refractivity contribution in [3.05, 3.63) is 11.6 Å². The molecule has 0 unspecified atom stereocenters. The zero-order valence-corrected chi connectivity index (χ0v) is 24.2. The smallest absolute Gasteiger partial charge is 0.303 e. The first kappa shape index (κ1) is 26.7. The quantitative estimate of drug-likeness (QED) is 0.326. The number of allylic oxidation sites excluding steroid dienone is 2. The molecule has 0 bridgehead atoms. The molecular formula is C32H52O4. The van der Waals surface area contributed by atoms with Crippen LogP contribution < -0.4 is 0 Å². The van der Waals surface area contributed by atoms with Gasteiger partial charge in [-0.15, -0.1) is 0 Å². The SMILES string of the molecule is CC(=O)O[C@H]1[C@@H](O)[C@H](O)C(C)(C)[C@@H]2CC[C@@H]3[C@]4(CC[C@]5(C)[C@@H]([C@H](C)CCC=C(C)C)CC[C@@]35C)C[C@]124. The maximum atomic E-state index is 12.2. The summed E-state index contributed by atoms with van der Waals surface area (Å²) >= 11 is 0. The molecule has 0 aromatic heterocycles. The van der Waals surface area contributed by atoms with Crippen LogP contribution in [-0.4, -0.2) is 34.5 Å². The summed E-state index contributed by atoms with van der Waals surface area (Å²) in [5, 5.41) is 22.5. The van der Waals surface area contributed by atoms with E-state index in [1.54, 1.807) is 0 Å². The summed E-state index contributed by atoms with van der Waals surface area (Å²) in [6.45, 7) is 17.8. The molecule has 4 heteroatoms. The van der Waals surface area contributed by atoms with Crippen LogP contribution in [0.4, 0.5) is 0 Å². The Labute approximate surface area is 219 Å². The van der Waals surface area contributed by atoms with Crippen LogP contribution in [0.1, 0.15) is 113 Å². The molecule has 0 radical (unpaired) electrons. The van der Waals surface area contributed by atoms with Gasteiger partial charge in [0.2, 0.25) is 0 Å². The first-order chi connectivity index (χ1) is 16.7. The van der Waals surface area contributed by atoms with Gasteiger partial charge in [-0.2, -0.15) is 0 Å². The maximum Gasteiger partial charge on any atom is 0.303 e. The van der Waals surface area contributed by atoms with Crippen LogP contribution in [0.5, 0.6) is 0 Å². The standard InChI is InChI=1S/C32H52O4/c1-19(2)10-9-11-20(3)22-14-15-30(8)24-13-12-23-28(5,6)26(35)25(34)27(36-21(4)33)32(23)18-31(24,32)17-16-29(22,30)7/h10,20,22-27,34-35H,9,11-18H2,1-8H3/t20-,22-,23+,24+,25+,26+,27+,29-,30+,31+,32-/m1/s1. The van der Waals surface area contributed by atoms with Crippen LogP contribution in [0.3, 0.4) is 0 Å². The third-order valence-corrected chi connectivity index (χ3v) is 13.4. The minimum atomic E-state index is -1.01. The first-order valence-electron chi connectivity index (χ1n) is 14.9.